The molecule has 6 heteroatoms. The molecule has 1 fully saturated rings. The summed E-state index contributed by atoms with van der Waals surface area (Å²) in [5.74, 6) is 0.0232. The molecule has 2 N–H and O–H groups in total. The van der Waals surface area contributed by atoms with Gasteiger partial charge in [0, 0.05) is 0 Å². The molecule has 6 nitrogen and oxygen atoms in total. The lowest BCUT2D eigenvalue weighted by Crippen LogP contribution is -2.50. The van der Waals surface area contributed by atoms with Gasteiger partial charge in [0.2, 0.25) is 5.91 Å². The van der Waals surface area contributed by atoms with Gasteiger partial charge in [0.25, 0.3) is 0 Å². The lowest BCUT2D eigenvalue weighted by atomic mass is 9.93. The van der Waals surface area contributed by atoms with E-state index in [2.05, 4.69) is 20.7 Å². The highest BCUT2D eigenvalue weighted by molar-refractivity contribution is 5.99. The summed E-state index contributed by atoms with van der Waals surface area (Å²) in [5, 5.41) is 10.5. The van der Waals surface area contributed by atoms with E-state index in [1.807, 2.05) is 31.2 Å². The Morgan fingerprint density at radius 3 is 3.00 bits per heavy atom. The number of hydrogen-bond donors (Lipinski definition) is 2. The van der Waals surface area contributed by atoms with Gasteiger partial charge >= 0.3 is 0 Å². The Labute approximate surface area is 123 Å². The fourth-order valence-corrected chi connectivity index (χ4v) is 2.82. The van der Waals surface area contributed by atoms with Gasteiger partial charge in [0.05, 0.1) is 16.9 Å². The summed E-state index contributed by atoms with van der Waals surface area (Å²) in [4.78, 5) is 16.6. The van der Waals surface area contributed by atoms with Crippen LogP contribution in [0.3, 0.4) is 0 Å². The van der Waals surface area contributed by atoms with Gasteiger partial charge in [0.15, 0.2) is 0 Å². The lowest BCUT2D eigenvalue weighted by Gasteiger charge is -2.27. The van der Waals surface area contributed by atoms with Crippen LogP contribution in [0.25, 0.3) is 5.69 Å². The van der Waals surface area contributed by atoms with Gasteiger partial charge in [-0.3, -0.25) is 4.79 Å². The van der Waals surface area contributed by atoms with E-state index in [0.29, 0.717) is 0 Å². The minimum Gasteiger partial charge on any atom is -0.323 e. The zero-order chi connectivity index (χ0) is 14.7. The fourth-order valence-electron chi connectivity index (χ4n) is 2.82. The number of aromatic nitrogens is 3. The fraction of sp³-hybridized carbons (Fsp3) is 0.400. The molecule has 0 saturated carbocycles. The van der Waals surface area contributed by atoms with Crippen LogP contribution in [0.2, 0.25) is 0 Å². The van der Waals surface area contributed by atoms with E-state index in [1.54, 1.807) is 11.0 Å². The third-order valence-electron chi connectivity index (χ3n) is 4.10. The molecule has 21 heavy (non-hydrogen) atoms. The molecule has 1 amide bonds. The van der Waals surface area contributed by atoms with Crippen molar-refractivity contribution in [3.63, 3.8) is 0 Å². The lowest BCUT2D eigenvalue weighted by molar-refractivity contribution is -0.122. The molecule has 1 aliphatic heterocycles. The molecule has 1 unspecified atom stereocenters. The molecule has 0 bridgehead atoms. The monoisotopic (exact) mass is 285 g/mol. The highest BCUT2D eigenvalue weighted by Crippen LogP contribution is 2.26. The van der Waals surface area contributed by atoms with Crippen LogP contribution in [-0.4, -0.2) is 32.8 Å². The molecule has 1 saturated heterocycles. The van der Waals surface area contributed by atoms with Gasteiger partial charge < -0.3 is 10.6 Å². The van der Waals surface area contributed by atoms with E-state index in [0.717, 1.165) is 37.2 Å². The number of hydrogen-bond acceptors (Lipinski definition) is 4. The highest BCUT2D eigenvalue weighted by Gasteiger charge is 2.39. The van der Waals surface area contributed by atoms with Crippen LogP contribution in [0.1, 0.15) is 26.2 Å². The largest absolute Gasteiger partial charge is 0.323 e. The van der Waals surface area contributed by atoms with Crippen molar-refractivity contribution in [1.29, 1.82) is 0 Å². The Kier molecular flexibility index (Phi) is 3.70. The second-order valence-corrected chi connectivity index (χ2v) is 5.28. The molecule has 0 spiro atoms. The number of para-hydroxylation sites is 2. The Morgan fingerprint density at radius 2 is 2.33 bits per heavy atom. The quantitative estimate of drug-likeness (QED) is 0.897. The molecular weight excluding hydrogens is 266 g/mol. The second kappa shape index (κ2) is 5.65. The molecule has 2 heterocycles. The Bertz CT molecular complexity index is 617. The van der Waals surface area contributed by atoms with Crippen molar-refractivity contribution in [2.45, 2.75) is 31.7 Å². The predicted molar refractivity (Wildman–Crippen MR) is 80.2 cm³/mol. The number of benzene rings is 1. The molecule has 1 aromatic carbocycles. The van der Waals surface area contributed by atoms with Gasteiger partial charge in [-0.2, -0.15) is 5.10 Å². The average Bonchev–Trinajstić information content (AvgIpc) is 3.20. The number of nitrogens with zero attached hydrogens (tertiary/aromatic N) is 3. The third-order valence-corrected chi connectivity index (χ3v) is 4.10. The summed E-state index contributed by atoms with van der Waals surface area (Å²) in [6.45, 7) is 2.94. The summed E-state index contributed by atoms with van der Waals surface area (Å²) >= 11 is 0. The molecule has 3 rings (SSSR count). The van der Waals surface area contributed by atoms with Crippen molar-refractivity contribution in [2.75, 3.05) is 11.9 Å². The SMILES string of the molecule is CCC1(C(=O)Nc2ccccc2-n2cncn2)CCCN1. The highest BCUT2D eigenvalue weighted by atomic mass is 16.2. The number of carbonyl (C=O) groups excluding carboxylic acids is 1. The van der Waals surface area contributed by atoms with Crippen LogP contribution < -0.4 is 10.6 Å². The molecular formula is C15H19N5O. The van der Waals surface area contributed by atoms with E-state index < -0.39 is 5.54 Å². The Balaban J connectivity index is 1.87. The molecule has 2 aromatic rings. The number of amides is 1. The molecule has 1 aliphatic rings. The maximum Gasteiger partial charge on any atom is 0.244 e. The van der Waals surface area contributed by atoms with Gasteiger partial charge in [-0.1, -0.05) is 19.1 Å². The molecule has 0 aliphatic carbocycles. The average molecular weight is 285 g/mol. The van der Waals surface area contributed by atoms with Gasteiger partial charge in [-0.15, -0.1) is 0 Å². The summed E-state index contributed by atoms with van der Waals surface area (Å²) < 4.78 is 1.65. The first-order valence-electron chi connectivity index (χ1n) is 7.26. The standard InChI is InChI=1S/C15H19N5O/c1-2-15(8-5-9-17-15)14(21)19-12-6-3-4-7-13(12)20-11-16-10-18-20/h3-4,6-7,10-11,17H,2,5,8-9H2,1H3,(H,19,21). The molecule has 1 atom stereocenters. The van der Waals surface area contributed by atoms with E-state index in [4.69, 9.17) is 0 Å². The first kappa shape index (κ1) is 13.8. The van der Waals surface area contributed by atoms with Gasteiger partial charge in [-0.05, 0) is 37.9 Å². The first-order valence-corrected chi connectivity index (χ1v) is 7.26. The Hall–Kier alpha value is -2.21. The maximum atomic E-state index is 12.7. The van der Waals surface area contributed by atoms with E-state index in [1.165, 1.54) is 6.33 Å². The zero-order valence-electron chi connectivity index (χ0n) is 12.0. The summed E-state index contributed by atoms with van der Waals surface area (Å²) in [6.07, 6.45) is 5.79. The van der Waals surface area contributed by atoms with Crippen molar-refractivity contribution in [3.8, 4) is 5.69 Å². The Morgan fingerprint density at radius 1 is 1.48 bits per heavy atom. The van der Waals surface area contributed by atoms with E-state index >= 15 is 0 Å². The first-order chi connectivity index (χ1) is 10.2. The van der Waals surface area contributed by atoms with E-state index in [-0.39, 0.29) is 5.91 Å². The van der Waals surface area contributed by atoms with Crippen molar-refractivity contribution in [3.05, 3.63) is 36.9 Å². The number of nitrogens with one attached hydrogen (secondary N) is 2. The van der Waals surface area contributed by atoms with Crippen LogP contribution in [-0.2, 0) is 4.79 Å². The number of anilines is 1. The molecule has 0 radical (unpaired) electrons. The van der Waals surface area contributed by atoms with Crippen molar-refractivity contribution in [2.24, 2.45) is 0 Å². The smallest absolute Gasteiger partial charge is 0.244 e. The van der Waals surface area contributed by atoms with Gasteiger partial charge in [0.1, 0.15) is 12.7 Å². The van der Waals surface area contributed by atoms with Crippen LogP contribution in [0.15, 0.2) is 36.9 Å². The minimum atomic E-state index is -0.449. The zero-order valence-corrected chi connectivity index (χ0v) is 12.0. The topological polar surface area (TPSA) is 71.8 Å². The second-order valence-electron chi connectivity index (χ2n) is 5.28. The summed E-state index contributed by atoms with van der Waals surface area (Å²) in [7, 11) is 0. The van der Waals surface area contributed by atoms with Crippen molar-refractivity contribution < 1.29 is 4.79 Å². The van der Waals surface area contributed by atoms with Crippen molar-refractivity contribution >= 4 is 11.6 Å². The third kappa shape index (κ3) is 2.54. The molecule has 110 valence electrons. The van der Waals surface area contributed by atoms with Crippen LogP contribution in [0.5, 0.6) is 0 Å². The predicted octanol–water partition coefficient (Wildman–Crippen LogP) is 1.74. The maximum absolute atomic E-state index is 12.7. The number of carbonyl (C=O) groups is 1. The van der Waals surface area contributed by atoms with Gasteiger partial charge in [-0.25, -0.2) is 9.67 Å². The summed E-state index contributed by atoms with van der Waals surface area (Å²) in [5.41, 5.74) is 1.11. The van der Waals surface area contributed by atoms with Crippen LogP contribution >= 0.6 is 0 Å². The van der Waals surface area contributed by atoms with E-state index in [9.17, 15) is 4.79 Å². The summed E-state index contributed by atoms with van der Waals surface area (Å²) in [6, 6.07) is 7.60. The molecule has 1 aromatic heterocycles. The number of rotatable bonds is 4. The van der Waals surface area contributed by atoms with Crippen LogP contribution in [0.4, 0.5) is 5.69 Å². The van der Waals surface area contributed by atoms with Crippen LogP contribution in [0, 0.1) is 0 Å². The van der Waals surface area contributed by atoms with Crippen molar-refractivity contribution in [1.82, 2.24) is 20.1 Å². The minimum absolute atomic E-state index is 0.0232. The normalized spacial score (nSPS) is 21.4.